The molecule has 0 radical (unpaired) electrons. The van der Waals surface area contributed by atoms with E-state index in [-0.39, 0.29) is 24.3 Å². The molecule has 1 aliphatic heterocycles. The van der Waals surface area contributed by atoms with Crippen molar-refractivity contribution in [2.75, 3.05) is 13.1 Å². The van der Waals surface area contributed by atoms with E-state index in [9.17, 15) is 27.5 Å². The summed E-state index contributed by atoms with van der Waals surface area (Å²) >= 11 is 0. The minimum absolute atomic E-state index is 0.178. The van der Waals surface area contributed by atoms with Crippen LogP contribution in [0.15, 0.2) is 18.2 Å². The third kappa shape index (κ3) is 6.14. The molecule has 4 atom stereocenters. The van der Waals surface area contributed by atoms with Crippen LogP contribution in [-0.4, -0.2) is 52.7 Å². The van der Waals surface area contributed by atoms with Crippen LogP contribution in [0.4, 0.5) is 17.6 Å². The second-order valence-electron chi connectivity index (χ2n) is 7.48. The van der Waals surface area contributed by atoms with Gasteiger partial charge in [-0.15, -0.1) is 0 Å². The number of hydrogen-bond donors (Lipinski definition) is 3. The fourth-order valence-corrected chi connectivity index (χ4v) is 4.22. The lowest BCUT2D eigenvalue weighted by molar-refractivity contribution is -0.140. The standard InChI is InChI=1S/C18H22F4N2O2.CH2O2/c1-10(25)23-16-5-12-8-24(9-13(12)6-17(16)26)7-11-2-3-14(15(19)4-11)18(20,21)22;2-1-3/h2-4,12-13,16-17,26H,5-9H2,1H3,(H,23,25);1H,(H,2,3)/t12-,13+,16-,17-;/m1./s1. The number of halogens is 4. The number of carbonyl (C=O) groups excluding carboxylic acids is 1. The number of nitrogens with zero attached hydrogens (tertiary/aromatic N) is 1. The van der Waals surface area contributed by atoms with Gasteiger partial charge in [-0.1, -0.05) is 6.07 Å². The van der Waals surface area contributed by atoms with Crippen molar-refractivity contribution < 1.29 is 37.4 Å². The average Bonchev–Trinajstić information content (AvgIpc) is 2.95. The zero-order valence-electron chi connectivity index (χ0n) is 15.8. The molecule has 1 aromatic carbocycles. The van der Waals surface area contributed by atoms with Crippen molar-refractivity contribution in [3.05, 3.63) is 35.1 Å². The van der Waals surface area contributed by atoms with Gasteiger partial charge in [-0.3, -0.25) is 14.5 Å². The Balaban J connectivity index is 0.000000941. The maximum atomic E-state index is 13.7. The van der Waals surface area contributed by atoms with Gasteiger partial charge < -0.3 is 15.5 Å². The molecule has 6 nitrogen and oxygen atoms in total. The van der Waals surface area contributed by atoms with Crippen LogP contribution in [0.5, 0.6) is 0 Å². The van der Waals surface area contributed by atoms with Crippen molar-refractivity contribution in [2.45, 2.75) is 44.6 Å². The van der Waals surface area contributed by atoms with E-state index in [1.807, 2.05) is 0 Å². The maximum Gasteiger partial charge on any atom is 0.419 e. The van der Waals surface area contributed by atoms with Gasteiger partial charge in [0, 0.05) is 26.6 Å². The molecule has 1 saturated carbocycles. The van der Waals surface area contributed by atoms with Gasteiger partial charge in [-0.2, -0.15) is 13.2 Å². The fourth-order valence-electron chi connectivity index (χ4n) is 4.22. The first-order chi connectivity index (χ1) is 13.5. The molecule has 3 rings (SSSR count). The molecular formula is C19H24F4N2O4. The first-order valence-corrected chi connectivity index (χ1v) is 9.16. The Morgan fingerprint density at radius 1 is 1.28 bits per heavy atom. The van der Waals surface area contributed by atoms with Crippen molar-refractivity contribution >= 4 is 12.4 Å². The molecule has 0 bridgehead atoms. The molecule has 162 valence electrons. The molecule has 1 heterocycles. The van der Waals surface area contributed by atoms with E-state index in [4.69, 9.17) is 9.90 Å². The fraction of sp³-hybridized carbons (Fsp3) is 0.579. The minimum atomic E-state index is -4.69. The zero-order chi connectivity index (χ0) is 21.8. The summed E-state index contributed by atoms with van der Waals surface area (Å²) in [6, 6.07) is 2.77. The molecule has 1 aliphatic carbocycles. The topological polar surface area (TPSA) is 89.9 Å². The van der Waals surface area contributed by atoms with Gasteiger partial charge in [0.25, 0.3) is 6.47 Å². The van der Waals surface area contributed by atoms with E-state index in [2.05, 4.69) is 10.2 Å². The normalized spacial score (nSPS) is 26.8. The predicted octanol–water partition coefficient (Wildman–Crippen LogP) is 2.25. The lowest BCUT2D eigenvalue weighted by atomic mass is 9.77. The summed E-state index contributed by atoms with van der Waals surface area (Å²) in [6.45, 7) is 2.95. The third-order valence-corrected chi connectivity index (χ3v) is 5.35. The van der Waals surface area contributed by atoms with Gasteiger partial charge in [-0.25, -0.2) is 4.39 Å². The number of hydrogen-bond acceptors (Lipinski definition) is 4. The predicted molar refractivity (Wildman–Crippen MR) is 95.2 cm³/mol. The molecule has 1 amide bonds. The van der Waals surface area contributed by atoms with Gasteiger partial charge in [0.15, 0.2) is 0 Å². The Kier molecular flexibility index (Phi) is 7.59. The lowest BCUT2D eigenvalue weighted by Crippen LogP contribution is -2.48. The van der Waals surface area contributed by atoms with Crippen molar-refractivity contribution in [2.24, 2.45) is 11.8 Å². The number of carbonyl (C=O) groups is 2. The highest BCUT2D eigenvalue weighted by Gasteiger charge is 2.42. The molecular weight excluding hydrogens is 396 g/mol. The highest BCUT2D eigenvalue weighted by atomic mass is 19.4. The number of amides is 1. The lowest BCUT2D eigenvalue weighted by Gasteiger charge is -2.35. The number of likely N-dealkylation sites (tertiary alicyclic amines) is 1. The van der Waals surface area contributed by atoms with Crippen molar-refractivity contribution in [3.8, 4) is 0 Å². The number of rotatable bonds is 3. The SMILES string of the molecule is CC(=O)N[C@@H]1C[C@@H]2CN(Cc3ccc(C(F)(F)F)c(F)c3)C[C@@H]2C[C@H]1O.O=CO. The molecule has 29 heavy (non-hydrogen) atoms. The van der Waals surface area contributed by atoms with Crippen molar-refractivity contribution in [1.29, 1.82) is 0 Å². The van der Waals surface area contributed by atoms with Crippen LogP contribution in [0.3, 0.4) is 0 Å². The first kappa shape index (κ1) is 23.1. The molecule has 10 heteroatoms. The molecule has 1 aromatic rings. The van der Waals surface area contributed by atoms with Crippen molar-refractivity contribution in [1.82, 2.24) is 10.2 Å². The van der Waals surface area contributed by atoms with Crippen LogP contribution < -0.4 is 5.32 Å². The molecule has 0 aromatic heterocycles. The van der Waals surface area contributed by atoms with Gasteiger partial charge in [0.05, 0.1) is 17.7 Å². The summed E-state index contributed by atoms with van der Waals surface area (Å²) < 4.78 is 51.7. The molecule has 3 N–H and O–H groups in total. The van der Waals surface area contributed by atoms with Gasteiger partial charge in [0.1, 0.15) is 5.82 Å². The largest absolute Gasteiger partial charge is 0.483 e. The van der Waals surface area contributed by atoms with E-state index in [0.29, 0.717) is 37.4 Å². The number of carboxylic acid groups (broad SMARTS) is 1. The molecule has 1 saturated heterocycles. The molecule has 0 spiro atoms. The minimum Gasteiger partial charge on any atom is -0.483 e. The summed E-state index contributed by atoms with van der Waals surface area (Å²) in [4.78, 5) is 21.7. The Hall–Kier alpha value is -2.20. The highest BCUT2D eigenvalue weighted by molar-refractivity contribution is 5.73. The first-order valence-electron chi connectivity index (χ1n) is 9.16. The van der Waals surface area contributed by atoms with Crippen LogP contribution >= 0.6 is 0 Å². The van der Waals surface area contributed by atoms with Crippen LogP contribution in [-0.2, 0) is 22.3 Å². The summed E-state index contributed by atoms with van der Waals surface area (Å²) in [5.41, 5.74) is -0.759. The van der Waals surface area contributed by atoms with E-state index < -0.39 is 23.7 Å². The molecule has 2 aliphatic rings. The number of alkyl halides is 3. The summed E-state index contributed by atoms with van der Waals surface area (Å²) in [5.74, 6) is -0.862. The maximum absolute atomic E-state index is 13.7. The van der Waals surface area contributed by atoms with Gasteiger partial charge in [-0.05, 0) is 42.4 Å². The summed E-state index contributed by atoms with van der Waals surface area (Å²) in [6.07, 6.45) is -4.04. The van der Waals surface area contributed by atoms with Crippen LogP contribution in [0, 0.1) is 17.7 Å². The second-order valence-corrected chi connectivity index (χ2v) is 7.48. The monoisotopic (exact) mass is 420 g/mol. The van der Waals surface area contributed by atoms with Gasteiger partial charge in [0.2, 0.25) is 5.91 Å². The number of aliphatic hydroxyl groups is 1. The Morgan fingerprint density at radius 2 is 1.86 bits per heavy atom. The highest BCUT2D eigenvalue weighted by Crippen LogP contribution is 2.37. The van der Waals surface area contributed by atoms with Crippen LogP contribution in [0.1, 0.15) is 30.9 Å². The van der Waals surface area contributed by atoms with E-state index >= 15 is 0 Å². The quantitative estimate of drug-likeness (QED) is 0.516. The van der Waals surface area contributed by atoms with E-state index in [1.165, 1.54) is 13.0 Å². The van der Waals surface area contributed by atoms with E-state index in [1.54, 1.807) is 0 Å². The summed E-state index contributed by atoms with van der Waals surface area (Å²) in [7, 11) is 0. The Labute approximate surface area is 165 Å². The molecule has 0 unspecified atom stereocenters. The smallest absolute Gasteiger partial charge is 0.419 e. The summed E-state index contributed by atoms with van der Waals surface area (Å²) in [5, 5.41) is 19.9. The Bertz CT molecular complexity index is 729. The number of nitrogens with one attached hydrogen (secondary N) is 1. The van der Waals surface area contributed by atoms with E-state index in [0.717, 1.165) is 18.7 Å². The number of fused-ring (bicyclic) bond motifs is 1. The Morgan fingerprint density at radius 3 is 2.38 bits per heavy atom. The van der Waals surface area contributed by atoms with Crippen molar-refractivity contribution in [3.63, 3.8) is 0 Å². The third-order valence-electron chi connectivity index (χ3n) is 5.35. The number of benzene rings is 1. The molecule has 2 fully saturated rings. The average molecular weight is 420 g/mol. The number of aliphatic hydroxyl groups excluding tert-OH is 1. The van der Waals surface area contributed by atoms with Crippen LogP contribution in [0.2, 0.25) is 0 Å². The zero-order valence-corrected chi connectivity index (χ0v) is 15.8. The van der Waals surface area contributed by atoms with Crippen LogP contribution in [0.25, 0.3) is 0 Å². The van der Waals surface area contributed by atoms with Gasteiger partial charge >= 0.3 is 6.18 Å². The second kappa shape index (κ2) is 9.53.